The monoisotopic (exact) mass is 274 g/mol. The van der Waals surface area contributed by atoms with E-state index >= 15 is 0 Å². The summed E-state index contributed by atoms with van der Waals surface area (Å²) >= 11 is 0. The van der Waals surface area contributed by atoms with E-state index in [2.05, 4.69) is 26.0 Å². The highest BCUT2D eigenvalue weighted by Gasteiger charge is 2.27. The quantitative estimate of drug-likeness (QED) is 0.873. The van der Waals surface area contributed by atoms with Crippen LogP contribution in [-0.2, 0) is 6.42 Å². The van der Waals surface area contributed by atoms with E-state index in [1.54, 1.807) is 0 Å². The summed E-state index contributed by atoms with van der Waals surface area (Å²) in [5, 5.41) is 10.1. The van der Waals surface area contributed by atoms with E-state index in [1.807, 2.05) is 6.07 Å². The average molecular weight is 274 g/mol. The Morgan fingerprint density at radius 2 is 1.85 bits per heavy atom. The third-order valence-electron chi connectivity index (χ3n) is 4.86. The van der Waals surface area contributed by atoms with E-state index in [0.717, 1.165) is 55.3 Å². The minimum atomic E-state index is -0.300. The zero-order chi connectivity index (χ0) is 14.1. The highest BCUT2D eigenvalue weighted by molar-refractivity contribution is 5.43. The van der Waals surface area contributed by atoms with Crippen molar-refractivity contribution in [2.24, 2.45) is 11.8 Å². The molecule has 0 aliphatic heterocycles. The molecule has 0 saturated heterocycles. The van der Waals surface area contributed by atoms with Gasteiger partial charge in [0.15, 0.2) is 0 Å². The Balaban J connectivity index is 1.79. The molecule has 2 aliphatic rings. The number of hydrogen-bond acceptors (Lipinski definition) is 2. The Morgan fingerprint density at radius 3 is 2.60 bits per heavy atom. The molecule has 1 fully saturated rings. The van der Waals surface area contributed by atoms with Gasteiger partial charge < -0.3 is 9.84 Å². The highest BCUT2D eigenvalue weighted by Crippen LogP contribution is 2.37. The fourth-order valence-electron chi connectivity index (χ4n) is 4.05. The van der Waals surface area contributed by atoms with Crippen LogP contribution in [-0.4, -0.2) is 11.2 Å². The minimum Gasteiger partial charge on any atom is -0.490 e. The molecular formula is C18H26O2. The van der Waals surface area contributed by atoms with Gasteiger partial charge in [-0.1, -0.05) is 26.0 Å². The van der Waals surface area contributed by atoms with Crippen LogP contribution in [0.25, 0.3) is 0 Å². The summed E-state index contributed by atoms with van der Waals surface area (Å²) in [6.07, 6.45) is 6.68. The van der Waals surface area contributed by atoms with Crippen molar-refractivity contribution in [2.75, 3.05) is 0 Å². The Morgan fingerprint density at radius 1 is 1.10 bits per heavy atom. The molecule has 0 heterocycles. The molecule has 110 valence electrons. The summed E-state index contributed by atoms with van der Waals surface area (Å²) in [4.78, 5) is 0. The van der Waals surface area contributed by atoms with Crippen LogP contribution < -0.4 is 4.74 Å². The van der Waals surface area contributed by atoms with Crippen LogP contribution in [0.4, 0.5) is 0 Å². The fourth-order valence-corrected chi connectivity index (χ4v) is 4.05. The maximum Gasteiger partial charge on any atom is 0.123 e. The molecule has 0 aromatic heterocycles. The Hall–Kier alpha value is -1.02. The summed E-state index contributed by atoms with van der Waals surface area (Å²) in [5.74, 6) is 2.54. The van der Waals surface area contributed by atoms with Crippen molar-refractivity contribution >= 4 is 0 Å². The first-order valence-electron chi connectivity index (χ1n) is 8.10. The third kappa shape index (κ3) is 2.85. The third-order valence-corrected chi connectivity index (χ3v) is 4.86. The first-order chi connectivity index (χ1) is 9.63. The van der Waals surface area contributed by atoms with Crippen molar-refractivity contribution < 1.29 is 9.84 Å². The molecular weight excluding hydrogens is 248 g/mol. The molecule has 0 amide bonds. The molecule has 0 bridgehead atoms. The van der Waals surface area contributed by atoms with Gasteiger partial charge in [-0.15, -0.1) is 0 Å². The van der Waals surface area contributed by atoms with Crippen LogP contribution in [0.2, 0.25) is 0 Å². The lowest BCUT2D eigenvalue weighted by Gasteiger charge is -2.33. The summed E-state index contributed by atoms with van der Waals surface area (Å²) in [5.41, 5.74) is 2.34. The topological polar surface area (TPSA) is 29.5 Å². The molecule has 0 spiro atoms. The molecule has 1 N–H and O–H groups in total. The van der Waals surface area contributed by atoms with Crippen molar-refractivity contribution in [1.29, 1.82) is 0 Å². The molecule has 2 nitrogen and oxygen atoms in total. The smallest absolute Gasteiger partial charge is 0.123 e. The average Bonchev–Trinajstić information content (AvgIpc) is 2.39. The number of aliphatic hydroxyl groups is 1. The van der Waals surface area contributed by atoms with E-state index < -0.39 is 0 Å². The van der Waals surface area contributed by atoms with Gasteiger partial charge in [0.1, 0.15) is 5.75 Å². The Labute approximate surface area is 122 Å². The predicted octanol–water partition coefficient (Wildman–Crippen LogP) is 4.26. The molecule has 3 unspecified atom stereocenters. The van der Waals surface area contributed by atoms with Gasteiger partial charge in [-0.3, -0.25) is 0 Å². The van der Waals surface area contributed by atoms with Gasteiger partial charge in [0.2, 0.25) is 0 Å². The summed E-state index contributed by atoms with van der Waals surface area (Å²) in [6, 6.07) is 6.16. The van der Waals surface area contributed by atoms with Crippen molar-refractivity contribution in [2.45, 2.75) is 64.6 Å². The largest absolute Gasteiger partial charge is 0.490 e. The molecule has 2 heteroatoms. The van der Waals surface area contributed by atoms with E-state index in [1.165, 1.54) is 12.0 Å². The van der Waals surface area contributed by atoms with Crippen molar-refractivity contribution in [3.05, 3.63) is 29.3 Å². The van der Waals surface area contributed by atoms with Crippen LogP contribution in [0, 0.1) is 11.8 Å². The summed E-state index contributed by atoms with van der Waals surface area (Å²) in [7, 11) is 0. The standard InChI is InChI=1S/C18H26O2/c1-12-9-13(2)11-14(10-12)20-18-8-4-5-15-16(18)6-3-7-17(15)19/h4-5,8,12-14,17,19H,3,6-7,9-11H2,1-2H3. The van der Waals surface area contributed by atoms with E-state index in [4.69, 9.17) is 4.74 Å². The normalized spacial score (nSPS) is 33.5. The van der Waals surface area contributed by atoms with Crippen molar-refractivity contribution in [1.82, 2.24) is 0 Å². The predicted molar refractivity (Wildman–Crippen MR) is 80.9 cm³/mol. The van der Waals surface area contributed by atoms with Crippen LogP contribution >= 0.6 is 0 Å². The molecule has 1 saturated carbocycles. The van der Waals surface area contributed by atoms with Gasteiger partial charge in [-0.05, 0) is 67.6 Å². The van der Waals surface area contributed by atoms with Gasteiger partial charge in [0.05, 0.1) is 12.2 Å². The van der Waals surface area contributed by atoms with Gasteiger partial charge >= 0.3 is 0 Å². The number of rotatable bonds is 2. The van der Waals surface area contributed by atoms with Crippen molar-refractivity contribution in [3.8, 4) is 5.75 Å². The van der Waals surface area contributed by atoms with Gasteiger partial charge in [0.25, 0.3) is 0 Å². The number of ether oxygens (including phenoxy) is 1. The van der Waals surface area contributed by atoms with Crippen LogP contribution in [0.15, 0.2) is 18.2 Å². The lowest BCUT2D eigenvalue weighted by molar-refractivity contribution is 0.0980. The first-order valence-corrected chi connectivity index (χ1v) is 8.10. The molecule has 1 aromatic carbocycles. The highest BCUT2D eigenvalue weighted by atomic mass is 16.5. The number of benzene rings is 1. The second kappa shape index (κ2) is 5.77. The second-order valence-corrected chi connectivity index (χ2v) is 6.89. The minimum absolute atomic E-state index is 0.300. The number of fused-ring (bicyclic) bond motifs is 1. The van der Waals surface area contributed by atoms with E-state index in [9.17, 15) is 5.11 Å². The second-order valence-electron chi connectivity index (χ2n) is 6.89. The SMILES string of the molecule is CC1CC(C)CC(Oc2cccc3c2CCCC3O)C1. The summed E-state index contributed by atoms with van der Waals surface area (Å²) < 4.78 is 6.33. The molecule has 2 aliphatic carbocycles. The lowest BCUT2D eigenvalue weighted by Crippen LogP contribution is -2.29. The lowest BCUT2D eigenvalue weighted by atomic mass is 9.81. The fraction of sp³-hybridized carbons (Fsp3) is 0.667. The zero-order valence-electron chi connectivity index (χ0n) is 12.6. The Bertz CT molecular complexity index is 458. The molecule has 3 atom stereocenters. The first kappa shape index (κ1) is 13.9. The molecule has 0 radical (unpaired) electrons. The van der Waals surface area contributed by atoms with Crippen molar-refractivity contribution in [3.63, 3.8) is 0 Å². The Kier molecular flexibility index (Phi) is 4.02. The molecule has 3 rings (SSSR count). The maximum absolute atomic E-state index is 10.1. The maximum atomic E-state index is 10.1. The molecule has 20 heavy (non-hydrogen) atoms. The van der Waals surface area contributed by atoms with Crippen LogP contribution in [0.1, 0.15) is 63.2 Å². The molecule has 1 aromatic rings. The number of hydrogen-bond donors (Lipinski definition) is 1. The van der Waals surface area contributed by atoms with Crippen LogP contribution in [0.3, 0.4) is 0 Å². The van der Waals surface area contributed by atoms with E-state index in [-0.39, 0.29) is 6.10 Å². The summed E-state index contributed by atoms with van der Waals surface area (Å²) in [6.45, 7) is 4.66. The zero-order valence-corrected chi connectivity index (χ0v) is 12.6. The van der Waals surface area contributed by atoms with Gasteiger partial charge in [-0.2, -0.15) is 0 Å². The van der Waals surface area contributed by atoms with Gasteiger partial charge in [0, 0.05) is 0 Å². The van der Waals surface area contributed by atoms with E-state index in [0.29, 0.717) is 6.10 Å². The van der Waals surface area contributed by atoms with Crippen LogP contribution in [0.5, 0.6) is 5.75 Å². The van der Waals surface area contributed by atoms with Gasteiger partial charge in [-0.25, -0.2) is 0 Å². The number of aliphatic hydroxyl groups excluding tert-OH is 1.